The third-order valence-electron chi connectivity index (χ3n) is 8.73. The zero-order valence-electron chi connectivity index (χ0n) is 26.6. The lowest BCUT2D eigenvalue weighted by Crippen LogP contribution is -2.55. The summed E-state index contributed by atoms with van der Waals surface area (Å²) in [6, 6.07) is 14.9. The highest BCUT2D eigenvalue weighted by Crippen LogP contribution is 2.36. The molecule has 1 aliphatic heterocycles. The zero-order valence-corrected chi connectivity index (χ0v) is 27.4. The van der Waals surface area contributed by atoms with Crippen LogP contribution < -0.4 is 10.6 Å². The van der Waals surface area contributed by atoms with Gasteiger partial charge in [0.1, 0.15) is 35.4 Å². The highest BCUT2D eigenvalue weighted by Gasteiger charge is 2.44. The van der Waals surface area contributed by atoms with Crippen LogP contribution in [0.25, 0.3) is 0 Å². The number of thioether (sulfide) groups is 1. The fourth-order valence-electron chi connectivity index (χ4n) is 5.61. The van der Waals surface area contributed by atoms with E-state index in [4.69, 9.17) is 4.74 Å². The average molecular weight is 628 g/mol. The molecule has 0 aromatic heterocycles. The van der Waals surface area contributed by atoms with Crippen LogP contribution in [0.2, 0.25) is 0 Å². The topological polar surface area (TPSA) is 131 Å². The molecule has 0 radical (unpaired) electrons. The number of aryl methyl sites for hydroxylation is 2. The Kier molecular flexibility index (Phi) is 11.9. The van der Waals surface area contributed by atoms with Crippen LogP contribution >= 0.6 is 11.8 Å². The van der Waals surface area contributed by atoms with Gasteiger partial charge in [-0.25, -0.2) is 0 Å². The number of aliphatic hydroxyl groups is 3. The van der Waals surface area contributed by atoms with Crippen molar-refractivity contribution in [1.82, 2.24) is 15.5 Å². The summed E-state index contributed by atoms with van der Waals surface area (Å²) in [4.78, 5) is 27.5. The lowest BCUT2D eigenvalue weighted by molar-refractivity contribution is -0.200. The second kappa shape index (κ2) is 15.2. The summed E-state index contributed by atoms with van der Waals surface area (Å²) >= 11 is 1.30. The molecule has 9 nitrogen and oxygen atoms in total. The molecule has 1 saturated heterocycles. The van der Waals surface area contributed by atoms with Crippen molar-refractivity contribution in [1.29, 1.82) is 0 Å². The van der Waals surface area contributed by atoms with Gasteiger partial charge < -0.3 is 35.6 Å². The first-order valence-corrected chi connectivity index (χ1v) is 16.9. The molecule has 1 heterocycles. The van der Waals surface area contributed by atoms with Crippen molar-refractivity contribution in [2.24, 2.45) is 0 Å². The molecule has 10 heteroatoms. The minimum Gasteiger partial charge on any atom is -0.387 e. The molecule has 0 spiro atoms. The van der Waals surface area contributed by atoms with Crippen LogP contribution in [0.5, 0.6) is 0 Å². The van der Waals surface area contributed by atoms with E-state index in [2.05, 4.69) is 46.8 Å². The molecule has 0 bridgehead atoms. The number of carbonyl (C=O) groups is 2. The molecule has 2 amide bonds. The van der Waals surface area contributed by atoms with Gasteiger partial charge >= 0.3 is 0 Å². The number of nitrogens with one attached hydrogen (secondary N) is 2. The summed E-state index contributed by atoms with van der Waals surface area (Å²) in [6.07, 6.45) is 2.33. The number of amides is 2. The van der Waals surface area contributed by atoms with Gasteiger partial charge in [0.25, 0.3) is 0 Å². The molecule has 2 aromatic carbocycles. The number of nitrogens with zero attached hydrogens (tertiary/aromatic N) is 1. The summed E-state index contributed by atoms with van der Waals surface area (Å²) in [7, 11) is 2.08. The highest BCUT2D eigenvalue weighted by molar-refractivity contribution is 7.99. The van der Waals surface area contributed by atoms with Crippen LogP contribution in [-0.4, -0.2) is 93.8 Å². The molecular formula is C34H49N3O6S. The van der Waals surface area contributed by atoms with E-state index >= 15 is 0 Å². The molecule has 2 aliphatic rings. The molecule has 5 atom stereocenters. The Hall–Kier alpha value is -2.47. The Labute approximate surface area is 265 Å². The summed E-state index contributed by atoms with van der Waals surface area (Å²) in [5, 5.41) is 37.0. The average Bonchev–Trinajstić information content (AvgIpc) is 3.84. The van der Waals surface area contributed by atoms with E-state index in [-0.39, 0.29) is 11.8 Å². The predicted octanol–water partition coefficient (Wildman–Crippen LogP) is 2.86. The van der Waals surface area contributed by atoms with Gasteiger partial charge in [-0.1, -0.05) is 42.5 Å². The predicted molar refractivity (Wildman–Crippen MR) is 173 cm³/mol. The first-order valence-electron chi connectivity index (χ1n) is 15.6. The van der Waals surface area contributed by atoms with E-state index in [1.54, 1.807) is 20.1 Å². The fourth-order valence-corrected chi connectivity index (χ4v) is 6.28. The fraction of sp³-hybridized carbons (Fsp3) is 0.588. The molecule has 0 unspecified atom stereocenters. The van der Waals surface area contributed by atoms with Gasteiger partial charge in [0, 0.05) is 25.6 Å². The van der Waals surface area contributed by atoms with Crippen molar-refractivity contribution in [3.63, 3.8) is 0 Å². The van der Waals surface area contributed by atoms with Crippen molar-refractivity contribution in [3.8, 4) is 0 Å². The third-order valence-corrected chi connectivity index (χ3v) is 9.58. The van der Waals surface area contributed by atoms with Crippen LogP contribution in [0.15, 0.2) is 42.5 Å². The first kappa shape index (κ1) is 34.4. The van der Waals surface area contributed by atoms with E-state index < -0.39 is 35.4 Å². The van der Waals surface area contributed by atoms with Gasteiger partial charge in [-0.3, -0.25) is 9.59 Å². The van der Waals surface area contributed by atoms with Gasteiger partial charge in [-0.05, 0) is 94.0 Å². The van der Waals surface area contributed by atoms with Gasteiger partial charge in [0.15, 0.2) is 0 Å². The Morgan fingerprint density at radius 3 is 2.36 bits per heavy atom. The van der Waals surface area contributed by atoms with E-state index in [9.17, 15) is 24.9 Å². The maximum absolute atomic E-state index is 12.6. The molecule has 5 N–H and O–H groups in total. The van der Waals surface area contributed by atoms with Crippen LogP contribution in [0.1, 0.15) is 73.5 Å². The quantitative estimate of drug-likeness (QED) is 0.216. The van der Waals surface area contributed by atoms with Crippen molar-refractivity contribution >= 4 is 23.6 Å². The smallest absolute Gasteiger partial charge is 0.245 e. The number of benzene rings is 2. The monoisotopic (exact) mass is 627 g/mol. The van der Waals surface area contributed by atoms with E-state index in [1.165, 1.54) is 24.6 Å². The van der Waals surface area contributed by atoms with E-state index in [0.717, 1.165) is 40.8 Å². The number of carbonyl (C=O) groups excluding carboxylic acids is 2. The molecular weight excluding hydrogens is 578 g/mol. The lowest BCUT2D eigenvalue weighted by atomic mass is 9.91. The largest absolute Gasteiger partial charge is 0.387 e. The van der Waals surface area contributed by atoms with E-state index in [0.29, 0.717) is 31.8 Å². The van der Waals surface area contributed by atoms with E-state index in [1.807, 2.05) is 25.1 Å². The van der Waals surface area contributed by atoms with Gasteiger partial charge in [-0.15, -0.1) is 11.8 Å². The van der Waals surface area contributed by atoms with Crippen molar-refractivity contribution in [2.45, 2.75) is 101 Å². The number of rotatable bonds is 14. The van der Waals surface area contributed by atoms with Crippen LogP contribution in [0.4, 0.5) is 0 Å². The highest BCUT2D eigenvalue weighted by atomic mass is 32.2. The minimum absolute atomic E-state index is 0.134. The lowest BCUT2D eigenvalue weighted by Gasteiger charge is -2.40. The Balaban J connectivity index is 1.24. The van der Waals surface area contributed by atoms with Crippen molar-refractivity contribution < 1.29 is 29.6 Å². The molecule has 2 fully saturated rings. The summed E-state index contributed by atoms with van der Waals surface area (Å²) in [6.45, 7) is 6.89. The maximum atomic E-state index is 12.6. The standard InChI is InChI=1S/C34H49N3O6S/c1-21-9-14-24(31-29(40)28(39)30(41)32(43-31)44-5)20-25(21)19-23-12-10-22(11-13-23)7-6-8-27(38)36-34(2,3)33(42)35-17-18-37(4)26-15-16-26/h9-14,20,26,28-32,39-41H,6-8,15-19H2,1-5H3,(H,35,42)(H,36,38)/t28-,29-,30+,31+,32-/m1/s1. The first-order chi connectivity index (χ1) is 20.9. The molecule has 2 aromatic rings. The Bertz CT molecular complexity index is 1270. The molecule has 1 aliphatic carbocycles. The number of aliphatic hydroxyl groups excluding tert-OH is 3. The number of hydrogen-bond donors (Lipinski definition) is 5. The molecule has 1 saturated carbocycles. The van der Waals surface area contributed by atoms with Gasteiger partial charge in [0.2, 0.25) is 11.8 Å². The van der Waals surface area contributed by atoms with Crippen molar-refractivity contribution in [3.05, 3.63) is 70.3 Å². The molecule has 4 rings (SSSR count). The van der Waals surface area contributed by atoms with Gasteiger partial charge in [0.05, 0.1) is 0 Å². The summed E-state index contributed by atoms with van der Waals surface area (Å²) < 4.78 is 5.96. The zero-order chi connectivity index (χ0) is 32.0. The number of likely N-dealkylation sites (N-methyl/N-ethyl adjacent to an activating group) is 1. The number of ether oxygens (including phenoxy) is 1. The summed E-state index contributed by atoms with van der Waals surface area (Å²) in [5.74, 6) is -0.306. The number of hydrogen-bond acceptors (Lipinski definition) is 8. The van der Waals surface area contributed by atoms with Crippen molar-refractivity contribution in [2.75, 3.05) is 26.4 Å². The molecule has 44 heavy (non-hydrogen) atoms. The van der Waals surface area contributed by atoms with Gasteiger partial charge in [-0.2, -0.15) is 0 Å². The summed E-state index contributed by atoms with van der Waals surface area (Å²) in [5.41, 5.74) is 3.64. The van der Waals surface area contributed by atoms with Crippen LogP contribution in [0, 0.1) is 6.92 Å². The third kappa shape index (κ3) is 9.05. The minimum atomic E-state index is -1.28. The maximum Gasteiger partial charge on any atom is 0.245 e. The van der Waals surface area contributed by atoms with Crippen LogP contribution in [-0.2, 0) is 27.2 Å². The second-order valence-corrected chi connectivity index (χ2v) is 13.7. The second-order valence-electron chi connectivity index (χ2n) is 12.8. The SMILES string of the molecule is CS[C@H]1O[C@@H](c2ccc(C)c(Cc3ccc(CCCC(=O)NC(C)(C)C(=O)NCCN(C)C4CC4)cc3)c2)[C@H](O)[C@@H](O)[C@@H]1O. The Morgan fingerprint density at radius 2 is 1.70 bits per heavy atom. The molecule has 242 valence electrons. The van der Waals surface area contributed by atoms with Crippen LogP contribution in [0.3, 0.4) is 0 Å². The normalized spacial score (nSPS) is 23.9. The Morgan fingerprint density at radius 1 is 1.02 bits per heavy atom.